The number of carboxylic acids is 1. The van der Waals surface area contributed by atoms with Crippen molar-refractivity contribution in [1.29, 1.82) is 0 Å². The van der Waals surface area contributed by atoms with E-state index in [1.54, 1.807) is 12.1 Å². The number of H-pyrrole nitrogens is 1. The normalized spacial score (nSPS) is 11.4. The van der Waals surface area contributed by atoms with Gasteiger partial charge in [-0.3, -0.25) is 0 Å². The highest BCUT2D eigenvalue weighted by molar-refractivity contribution is 6.23. The quantitative estimate of drug-likeness (QED) is 0.497. The van der Waals surface area contributed by atoms with Gasteiger partial charge >= 0.3 is 0 Å². The minimum Gasteiger partial charge on any atom is -0.545 e. The lowest BCUT2D eigenvalue weighted by Gasteiger charge is -2.05. The second kappa shape index (κ2) is 5.43. The molecule has 5 rings (SSSR count). The third-order valence-corrected chi connectivity index (χ3v) is 4.77. The first kappa shape index (κ1) is 14.7. The summed E-state index contributed by atoms with van der Waals surface area (Å²) >= 11 is 0. The van der Waals surface area contributed by atoms with E-state index in [0.717, 1.165) is 27.4 Å². The summed E-state index contributed by atoms with van der Waals surface area (Å²) in [6.07, 6.45) is 0. The molecule has 0 aliphatic heterocycles. The van der Waals surface area contributed by atoms with E-state index in [2.05, 4.69) is 29.2 Å². The van der Waals surface area contributed by atoms with E-state index in [0.29, 0.717) is 5.82 Å². The second-order valence-corrected chi connectivity index (χ2v) is 6.26. The van der Waals surface area contributed by atoms with Crippen molar-refractivity contribution in [2.45, 2.75) is 0 Å². The Bertz CT molecular complexity index is 1230. The molecule has 0 spiro atoms. The third-order valence-electron chi connectivity index (χ3n) is 4.77. The molecule has 1 aromatic heterocycles. The van der Waals surface area contributed by atoms with Crippen molar-refractivity contribution in [2.24, 2.45) is 0 Å². The Hall–Kier alpha value is -3.66. The van der Waals surface area contributed by atoms with Crippen molar-refractivity contribution in [3.8, 4) is 11.4 Å². The monoisotopic (exact) mass is 337 g/mol. The van der Waals surface area contributed by atoms with Crippen LogP contribution < -0.4 is 5.11 Å². The number of benzene rings is 4. The fourth-order valence-corrected chi connectivity index (χ4v) is 3.52. The molecule has 0 saturated heterocycles. The summed E-state index contributed by atoms with van der Waals surface area (Å²) in [5, 5.41) is 15.5. The zero-order chi connectivity index (χ0) is 17.7. The second-order valence-electron chi connectivity index (χ2n) is 6.26. The Morgan fingerprint density at radius 2 is 1.35 bits per heavy atom. The molecule has 0 saturated carbocycles. The highest BCUT2D eigenvalue weighted by atomic mass is 16.4. The van der Waals surface area contributed by atoms with E-state index in [4.69, 9.17) is 4.98 Å². The van der Waals surface area contributed by atoms with Gasteiger partial charge in [-0.25, -0.2) is 4.98 Å². The molecule has 0 fully saturated rings. The number of aromatic amines is 1. The maximum Gasteiger partial charge on any atom is 0.138 e. The first-order chi connectivity index (χ1) is 12.7. The number of nitrogens with one attached hydrogen (secondary N) is 1. The van der Waals surface area contributed by atoms with E-state index >= 15 is 0 Å². The molecule has 0 aliphatic carbocycles. The first-order valence-corrected chi connectivity index (χ1v) is 8.33. The van der Waals surface area contributed by atoms with Crippen LogP contribution in [0, 0.1) is 0 Å². The number of aromatic carboxylic acids is 1. The molecule has 0 aliphatic rings. The predicted octanol–water partition coefficient (Wildman–Crippen LogP) is 3.90. The number of carbonyl (C=O) groups is 1. The molecule has 4 heteroatoms. The maximum absolute atomic E-state index is 10.9. The molecule has 124 valence electrons. The summed E-state index contributed by atoms with van der Waals surface area (Å²) in [5.41, 5.74) is 2.89. The van der Waals surface area contributed by atoms with E-state index < -0.39 is 5.97 Å². The van der Waals surface area contributed by atoms with Gasteiger partial charge in [-0.1, -0.05) is 72.8 Å². The fourth-order valence-electron chi connectivity index (χ4n) is 3.52. The van der Waals surface area contributed by atoms with Gasteiger partial charge in [0.15, 0.2) is 0 Å². The summed E-state index contributed by atoms with van der Waals surface area (Å²) in [6, 6.07) is 23.1. The Labute approximate surface area is 148 Å². The number of hydrogen-bond donors (Lipinski definition) is 1. The molecule has 5 aromatic rings. The van der Waals surface area contributed by atoms with Gasteiger partial charge in [0.05, 0.1) is 17.0 Å². The molecule has 26 heavy (non-hydrogen) atoms. The van der Waals surface area contributed by atoms with Crippen LogP contribution >= 0.6 is 0 Å². The number of imidazole rings is 1. The lowest BCUT2D eigenvalue weighted by atomic mass is 10.0. The number of rotatable bonds is 2. The highest BCUT2D eigenvalue weighted by Crippen LogP contribution is 2.35. The van der Waals surface area contributed by atoms with Crippen LogP contribution in [-0.2, 0) is 0 Å². The summed E-state index contributed by atoms with van der Waals surface area (Å²) in [7, 11) is 0. The van der Waals surface area contributed by atoms with Crippen LogP contribution in [0.3, 0.4) is 0 Å². The number of hydrogen-bond acceptors (Lipinski definition) is 3. The van der Waals surface area contributed by atoms with Gasteiger partial charge < -0.3 is 14.9 Å². The number of fused-ring (bicyclic) bond motifs is 6. The first-order valence-electron chi connectivity index (χ1n) is 8.33. The Morgan fingerprint density at radius 1 is 0.769 bits per heavy atom. The van der Waals surface area contributed by atoms with Crippen LogP contribution in [0.1, 0.15) is 10.4 Å². The molecule has 0 bridgehead atoms. The van der Waals surface area contributed by atoms with Crippen LogP contribution in [0.4, 0.5) is 0 Å². The van der Waals surface area contributed by atoms with Crippen molar-refractivity contribution in [3.63, 3.8) is 0 Å². The van der Waals surface area contributed by atoms with Crippen molar-refractivity contribution in [2.75, 3.05) is 0 Å². The van der Waals surface area contributed by atoms with Gasteiger partial charge in [0.25, 0.3) is 0 Å². The molecule has 0 radical (unpaired) electrons. The van der Waals surface area contributed by atoms with Crippen LogP contribution in [0.2, 0.25) is 0 Å². The van der Waals surface area contributed by atoms with Crippen LogP contribution in [0.25, 0.3) is 44.0 Å². The van der Waals surface area contributed by atoms with Gasteiger partial charge in [0, 0.05) is 16.3 Å². The zero-order valence-corrected chi connectivity index (χ0v) is 13.7. The molecule has 4 nitrogen and oxygen atoms in total. The van der Waals surface area contributed by atoms with Gasteiger partial charge in [-0.05, 0) is 16.3 Å². The number of carboxylic acid groups (broad SMARTS) is 1. The zero-order valence-electron chi connectivity index (χ0n) is 13.7. The molecular weight excluding hydrogens is 324 g/mol. The van der Waals surface area contributed by atoms with E-state index in [-0.39, 0.29) is 5.56 Å². The minimum atomic E-state index is -1.18. The van der Waals surface area contributed by atoms with Crippen LogP contribution in [0.15, 0.2) is 72.8 Å². The Morgan fingerprint density at radius 3 is 2.00 bits per heavy atom. The third kappa shape index (κ3) is 2.09. The van der Waals surface area contributed by atoms with Gasteiger partial charge in [-0.15, -0.1) is 0 Å². The topological polar surface area (TPSA) is 68.8 Å². The largest absolute Gasteiger partial charge is 0.545 e. The van der Waals surface area contributed by atoms with E-state index in [1.165, 1.54) is 22.9 Å². The number of carbonyl (C=O) groups excluding carboxylic acids is 1. The smallest absolute Gasteiger partial charge is 0.138 e. The van der Waals surface area contributed by atoms with Crippen molar-refractivity contribution in [1.82, 2.24) is 9.97 Å². The fraction of sp³-hybridized carbons (Fsp3) is 0. The minimum absolute atomic E-state index is 0.153. The summed E-state index contributed by atoms with van der Waals surface area (Å²) in [5.74, 6) is -0.468. The molecule has 0 amide bonds. The van der Waals surface area contributed by atoms with E-state index in [1.807, 2.05) is 24.3 Å². The van der Waals surface area contributed by atoms with Gasteiger partial charge in [-0.2, -0.15) is 0 Å². The summed E-state index contributed by atoms with van der Waals surface area (Å²) in [4.78, 5) is 19.2. The van der Waals surface area contributed by atoms with Gasteiger partial charge in [0.1, 0.15) is 5.82 Å². The molecule has 1 heterocycles. The number of nitrogens with zero attached hydrogens (tertiary/aromatic N) is 1. The molecule has 0 unspecified atom stereocenters. The van der Waals surface area contributed by atoms with Crippen molar-refractivity contribution >= 4 is 38.5 Å². The molecule has 1 N–H and O–H groups in total. The molecule has 0 atom stereocenters. The Kier molecular flexibility index (Phi) is 3.06. The van der Waals surface area contributed by atoms with Crippen LogP contribution in [-0.4, -0.2) is 15.9 Å². The highest BCUT2D eigenvalue weighted by Gasteiger charge is 2.13. The predicted molar refractivity (Wildman–Crippen MR) is 101 cm³/mol. The SMILES string of the molecule is O=C([O-])c1ccc(-c2nc3c4ccccc4c4ccccc4c3[nH]2)cc1. The average molecular weight is 337 g/mol. The van der Waals surface area contributed by atoms with Crippen LogP contribution in [0.5, 0.6) is 0 Å². The Balaban J connectivity index is 1.83. The van der Waals surface area contributed by atoms with Crippen molar-refractivity contribution in [3.05, 3.63) is 78.4 Å². The van der Waals surface area contributed by atoms with Gasteiger partial charge in [0.2, 0.25) is 0 Å². The van der Waals surface area contributed by atoms with E-state index in [9.17, 15) is 9.90 Å². The average Bonchev–Trinajstić information content (AvgIpc) is 3.14. The summed E-state index contributed by atoms with van der Waals surface area (Å²) in [6.45, 7) is 0. The lowest BCUT2D eigenvalue weighted by Crippen LogP contribution is -2.21. The lowest BCUT2D eigenvalue weighted by molar-refractivity contribution is -0.255. The molecular formula is C22H13N2O2-. The maximum atomic E-state index is 10.9. The molecule has 4 aromatic carbocycles. The number of aromatic nitrogens is 2. The van der Waals surface area contributed by atoms with Crippen molar-refractivity contribution < 1.29 is 9.90 Å². The summed E-state index contributed by atoms with van der Waals surface area (Å²) < 4.78 is 0. The standard InChI is InChI=1S/C22H14N2O2/c25-22(26)14-11-9-13(10-12-14)21-23-19-17-7-3-1-5-15(17)16-6-2-4-8-18(16)20(19)24-21/h1-12H,(H,23,24)(H,25,26)/p-1.